The summed E-state index contributed by atoms with van der Waals surface area (Å²) in [7, 11) is 0. The minimum atomic E-state index is -0.573. The number of ether oxygens (including phenoxy) is 1. The number of carbonyl (C=O) groups is 2. The summed E-state index contributed by atoms with van der Waals surface area (Å²) in [4.78, 5) is 35.1. The minimum absolute atomic E-state index is 0.0759. The van der Waals surface area contributed by atoms with E-state index in [9.17, 15) is 9.59 Å². The van der Waals surface area contributed by atoms with Crippen molar-refractivity contribution in [1.82, 2.24) is 15.3 Å². The highest BCUT2D eigenvalue weighted by atomic mass is 16.6. The molecule has 1 aliphatic heterocycles. The second kappa shape index (κ2) is 11.4. The lowest BCUT2D eigenvalue weighted by molar-refractivity contribution is -0.114. The molecule has 2 amide bonds. The van der Waals surface area contributed by atoms with E-state index in [2.05, 4.69) is 25.9 Å². The van der Waals surface area contributed by atoms with E-state index in [0.29, 0.717) is 5.95 Å². The van der Waals surface area contributed by atoms with Crippen LogP contribution in [-0.4, -0.2) is 46.7 Å². The number of hydrogen-bond donors (Lipinski definition) is 3. The molecule has 3 aromatic rings. The van der Waals surface area contributed by atoms with Gasteiger partial charge < -0.3 is 20.7 Å². The molecule has 4 rings (SSSR count). The third kappa shape index (κ3) is 7.27. The molecule has 9 nitrogen and oxygen atoms in total. The van der Waals surface area contributed by atoms with E-state index in [1.165, 1.54) is 6.92 Å². The van der Waals surface area contributed by atoms with Crippen LogP contribution >= 0.6 is 0 Å². The molecule has 1 fully saturated rings. The van der Waals surface area contributed by atoms with Crippen molar-refractivity contribution in [2.45, 2.75) is 52.2 Å². The van der Waals surface area contributed by atoms with Crippen LogP contribution in [-0.2, 0) is 9.53 Å². The topological polar surface area (TPSA) is 108 Å². The lowest BCUT2D eigenvalue weighted by Crippen LogP contribution is -2.48. The Morgan fingerprint density at radius 3 is 2.24 bits per heavy atom. The van der Waals surface area contributed by atoms with Crippen LogP contribution in [0.3, 0.4) is 0 Å². The molecular formula is C28H34N6O3. The summed E-state index contributed by atoms with van der Waals surface area (Å²) in [6.45, 7) is 8.85. The summed E-state index contributed by atoms with van der Waals surface area (Å²) >= 11 is 0. The Morgan fingerprint density at radius 1 is 0.973 bits per heavy atom. The molecule has 0 bridgehead atoms. The van der Waals surface area contributed by atoms with E-state index in [4.69, 9.17) is 4.74 Å². The van der Waals surface area contributed by atoms with Crippen molar-refractivity contribution in [2.24, 2.45) is 0 Å². The fourth-order valence-electron chi connectivity index (χ4n) is 4.18. The first-order valence-corrected chi connectivity index (χ1v) is 12.5. The lowest BCUT2D eigenvalue weighted by Gasteiger charge is -2.35. The highest BCUT2D eigenvalue weighted by Gasteiger charge is 2.30. The van der Waals surface area contributed by atoms with E-state index in [0.717, 1.165) is 54.3 Å². The van der Waals surface area contributed by atoms with E-state index in [1.807, 2.05) is 75.4 Å². The quantitative estimate of drug-likeness (QED) is 0.418. The lowest BCUT2D eigenvalue weighted by atomic mass is 10.0. The number of rotatable bonds is 6. The number of nitrogens with zero attached hydrogens (tertiary/aromatic N) is 3. The maximum Gasteiger partial charge on any atom is 0.415 e. The zero-order valence-corrected chi connectivity index (χ0v) is 21.7. The minimum Gasteiger partial charge on any atom is -0.443 e. The van der Waals surface area contributed by atoms with Crippen molar-refractivity contribution in [3.05, 3.63) is 60.8 Å². The van der Waals surface area contributed by atoms with Crippen molar-refractivity contribution < 1.29 is 14.3 Å². The van der Waals surface area contributed by atoms with Crippen LogP contribution in [0.5, 0.6) is 0 Å². The van der Waals surface area contributed by atoms with Gasteiger partial charge in [-0.2, -0.15) is 0 Å². The van der Waals surface area contributed by atoms with Crippen molar-refractivity contribution in [1.29, 1.82) is 0 Å². The van der Waals surface area contributed by atoms with Gasteiger partial charge in [-0.3, -0.25) is 9.69 Å². The predicted octanol–water partition coefficient (Wildman–Crippen LogP) is 5.34. The number of hydrogen-bond acceptors (Lipinski definition) is 7. The monoisotopic (exact) mass is 502 g/mol. The van der Waals surface area contributed by atoms with Crippen LogP contribution in [0.25, 0.3) is 11.3 Å². The van der Waals surface area contributed by atoms with Crippen LogP contribution in [0.15, 0.2) is 60.8 Å². The molecule has 2 heterocycles. The number of nitrogens with one attached hydrogen (secondary N) is 3. The first-order chi connectivity index (χ1) is 17.7. The molecule has 0 saturated carbocycles. The third-order valence-electron chi connectivity index (χ3n) is 5.82. The third-order valence-corrected chi connectivity index (χ3v) is 5.82. The SMILES string of the molecule is CC(=O)Nc1ccc(-c2ccnc(Nc3ccc(N(C(=O)OC(C)(C)C)C4CCNCC4)cc3)n2)cc1. The fraction of sp³-hybridized carbons (Fsp3) is 0.357. The van der Waals surface area contributed by atoms with Gasteiger partial charge in [0.15, 0.2) is 0 Å². The molecule has 0 aliphatic carbocycles. The van der Waals surface area contributed by atoms with Gasteiger partial charge in [0.05, 0.1) is 5.69 Å². The average molecular weight is 503 g/mol. The van der Waals surface area contributed by atoms with E-state index >= 15 is 0 Å². The van der Waals surface area contributed by atoms with Gasteiger partial charge in [0, 0.05) is 41.8 Å². The fourth-order valence-corrected chi connectivity index (χ4v) is 4.18. The van der Waals surface area contributed by atoms with Gasteiger partial charge in [-0.25, -0.2) is 14.8 Å². The highest BCUT2D eigenvalue weighted by molar-refractivity contribution is 5.89. The number of benzene rings is 2. The Morgan fingerprint density at radius 2 is 1.62 bits per heavy atom. The maximum atomic E-state index is 13.1. The number of piperidine rings is 1. The molecular weight excluding hydrogens is 468 g/mol. The molecule has 1 aromatic heterocycles. The van der Waals surface area contributed by atoms with Gasteiger partial charge in [-0.05, 0) is 89.2 Å². The van der Waals surface area contributed by atoms with E-state index in [1.54, 1.807) is 11.1 Å². The Labute approximate surface area is 217 Å². The first-order valence-electron chi connectivity index (χ1n) is 12.5. The van der Waals surface area contributed by atoms with Gasteiger partial charge >= 0.3 is 6.09 Å². The number of amides is 2. The summed E-state index contributed by atoms with van der Waals surface area (Å²) in [5.41, 5.74) is 3.41. The molecule has 1 aliphatic rings. The Kier molecular flexibility index (Phi) is 8.03. The second-order valence-corrected chi connectivity index (χ2v) is 10.0. The zero-order chi connectivity index (χ0) is 26.4. The predicted molar refractivity (Wildman–Crippen MR) is 146 cm³/mol. The molecule has 9 heteroatoms. The van der Waals surface area contributed by atoms with Crippen LogP contribution in [0.2, 0.25) is 0 Å². The summed E-state index contributed by atoms with van der Waals surface area (Å²) < 4.78 is 5.73. The van der Waals surface area contributed by atoms with Crippen molar-refractivity contribution in [2.75, 3.05) is 28.6 Å². The highest BCUT2D eigenvalue weighted by Crippen LogP contribution is 2.27. The summed E-state index contributed by atoms with van der Waals surface area (Å²) in [5.74, 6) is 0.343. The van der Waals surface area contributed by atoms with Gasteiger partial charge in [-0.1, -0.05) is 12.1 Å². The molecule has 37 heavy (non-hydrogen) atoms. The van der Waals surface area contributed by atoms with Crippen molar-refractivity contribution in [3.63, 3.8) is 0 Å². The zero-order valence-electron chi connectivity index (χ0n) is 21.7. The Balaban J connectivity index is 1.49. The van der Waals surface area contributed by atoms with Crippen molar-refractivity contribution in [3.8, 4) is 11.3 Å². The first kappa shape index (κ1) is 26.1. The van der Waals surface area contributed by atoms with Crippen LogP contribution < -0.4 is 20.9 Å². The molecule has 2 aromatic carbocycles. The largest absolute Gasteiger partial charge is 0.443 e. The van der Waals surface area contributed by atoms with Gasteiger partial charge in [0.2, 0.25) is 11.9 Å². The Bertz CT molecular complexity index is 1220. The number of anilines is 4. The molecule has 0 spiro atoms. The van der Waals surface area contributed by atoms with Gasteiger partial charge in [0.1, 0.15) is 5.60 Å². The van der Waals surface area contributed by atoms with Gasteiger partial charge in [0.25, 0.3) is 0 Å². The summed E-state index contributed by atoms with van der Waals surface area (Å²) in [6.07, 6.45) is 3.10. The molecule has 0 radical (unpaired) electrons. The molecule has 0 atom stereocenters. The summed E-state index contributed by atoms with van der Waals surface area (Å²) in [6, 6.07) is 17.0. The number of aromatic nitrogens is 2. The van der Waals surface area contributed by atoms with Crippen molar-refractivity contribution >= 4 is 35.0 Å². The summed E-state index contributed by atoms with van der Waals surface area (Å²) in [5, 5.41) is 9.35. The Hall–Kier alpha value is -3.98. The van der Waals surface area contributed by atoms with Crippen LogP contribution in [0.1, 0.15) is 40.5 Å². The molecule has 194 valence electrons. The average Bonchev–Trinajstić information content (AvgIpc) is 2.85. The van der Waals surface area contributed by atoms with Crippen LogP contribution in [0.4, 0.5) is 27.8 Å². The normalized spacial score (nSPS) is 14.1. The second-order valence-electron chi connectivity index (χ2n) is 10.0. The van der Waals surface area contributed by atoms with E-state index < -0.39 is 5.60 Å². The smallest absolute Gasteiger partial charge is 0.415 e. The van der Waals surface area contributed by atoms with Crippen LogP contribution in [0, 0.1) is 0 Å². The number of carbonyl (C=O) groups excluding carboxylic acids is 2. The van der Waals surface area contributed by atoms with E-state index in [-0.39, 0.29) is 18.0 Å². The van der Waals surface area contributed by atoms with Gasteiger partial charge in [-0.15, -0.1) is 0 Å². The molecule has 0 unspecified atom stereocenters. The molecule has 1 saturated heterocycles. The maximum absolute atomic E-state index is 13.1. The molecule has 3 N–H and O–H groups in total. The standard InChI is InChI=1S/C28H34N6O3/c1-19(35)31-21-7-5-20(6-8-21)25-15-18-30-26(33-25)32-22-9-11-23(12-10-22)34(24-13-16-29-17-14-24)27(36)37-28(2,3)4/h5-12,15,18,24,29H,13-14,16-17H2,1-4H3,(H,31,35)(H,30,32,33).